The van der Waals surface area contributed by atoms with Crippen LogP contribution in [0.2, 0.25) is 0 Å². The smallest absolute Gasteiger partial charge is 0.332 e. The Morgan fingerprint density at radius 1 is 1.18 bits per heavy atom. The topological polar surface area (TPSA) is 93.8 Å². The van der Waals surface area contributed by atoms with Crippen LogP contribution in [0.15, 0.2) is 16.8 Å². The second kappa shape index (κ2) is 6.89. The van der Waals surface area contributed by atoms with Crippen LogP contribution in [0.3, 0.4) is 0 Å². The van der Waals surface area contributed by atoms with E-state index in [1.165, 1.54) is 18.9 Å². The molecule has 4 rings (SSSR count). The minimum atomic E-state index is -0.587. The minimum Gasteiger partial charge on any atom is -0.462 e. The molecule has 4 aliphatic rings. The maximum absolute atomic E-state index is 11.4. The lowest BCUT2D eigenvalue weighted by Crippen LogP contribution is -2.50. The van der Waals surface area contributed by atoms with Crippen molar-refractivity contribution >= 4 is 17.7 Å². The molecule has 0 spiro atoms. The van der Waals surface area contributed by atoms with Crippen LogP contribution < -0.4 is 11.2 Å². The van der Waals surface area contributed by atoms with Gasteiger partial charge in [-0.2, -0.15) is 5.10 Å². The third-order valence-corrected chi connectivity index (χ3v) is 8.43. The van der Waals surface area contributed by atoms with E-state index in [0.29, 0.717) is 17.8 Å². The number of primary amides is 1. The predicted molar refractivity (Wildman–Crippen MR) is 107 cm³/mol. The molecular formula is C22H33N3O3. The quantitative estimate of drug-likeness (QED) is 0.427. The van der Waals surface area contributed by atoms with Gasteiger partial charge in [0.15, 0.2) is 0 Å². The van der Waals surface area contributed by atoms with Gasteiger partial charge in [0.2, 0.25) is 0 Å². The lowest BCUT2D eigenvalue weighted by atomic mass is 9.48. The third-order valence-electron chi connectivity index (χ3n) is 8.43. The Bertz CT molecular complexity index is 745. The van der Waals surface area contributed by atoms with E-state index in [9.17, 15) is 9.59 Å². The van der Waals surface area contributed by atoms with Crippen molar-refractivity contribution in [2.75, 3.05) is 0 Å². The first-order valence-corrected chi connectivity index (χ1v) is 10.7. The van der Waals surface area contributed by atoms with E-state index in [-0.39, 0.29) is 22.9 Å². The van der Waals surface area contributed by atoms with E-state index in [1.807, 2.05) is 0 Å². The van der Waals surface area contributed by atoms with Crippen LogP contribution in [0.1, 0.15) is 72.1 Å². The molecule has 154 valence electrons. The Balaban J connectivity index is 1.56. The molecule has 0 aliphatic heterocycles. The van der Waals surface area contributed by atoms with Crippen LogP contribution in [0, 0.1) is 28.6 Å². The second-order valence-corrected chi connectivity index (χ2v) is 9.76. The molecule has 0 unspecified atom stereocenters. The SMILES string of the molecule is CC(=O)O[C@@H]1CC[C@@]2(C)C(=CC[C@@H]3[C@H]2CC[C@]2(C)C(=NNC(N)=O)CC[C@H]32)C1. The Hall–Kier alpha value is -1.85. The number of nitrogens with two attached hydrogens (primary N) is 1. The van der Waals surface area contributed by atoms with Crippen LogP contribution in [-0.4, -0.2) is 23.8 Å². The predicted octanol–water partition coefficient (Wildman–Crippen LogP) is 3.91. The normalized spacial score (nSPS) is 43.4. The summed E-state index contributed by atoms with van der Waals surface area (Å²) in [6.07, 6.45) is 11.0. The maximum Gasteiger partial charge on any atom is 0.332 e. The number of hydrogen-bond donors (Lipinski definition) is 2. The van der Waals surface area contributed by atoms with Crippen LogP contribution in [-0.2, 0) is 9.53 Å². The van der Waals surface area contributed by atoms with Gasteiger partial charge in [-0.3, -0.25) is 4.79 Å². The van der Waals surface area contributed by atoms with E-state index in [1.54, 1.807) is 0 Å². The molecule has 3 N–H and O–H groups in total. The highest BCUT2D eigenvalue weighted by Gasteiger charge is 2.58. The van der Waals surface area contributed by atoms with Crippen LogP contribution in [0.25, 0.3) is 0 Å². The van der Waals surface area contributed by atoms with Crippen molar-refractivity contribution in [3.63, 3.8) is 0 Å². The number of fused-ring (bicyclic) bond motifs is 5. The zero-order chi connectivity index (χ0) is 20.1. The van der Waals surface area contributed by atoms with Crippen molar-refractivity contribution in [3.8, 4) is 0 Å². The molecule has 0 aromatic carbocycles. The van der Waals surface area contributed by atoms with Gasteiger partial charge in [-0.1, -0.05) is 25.5 Å². The number of hydrogen-bond acceptors (Lipinski definition) is 4. The molecule has 3 saturated carbocycles. The molecule has 0 saturated heterocycles. The van der Waals surface area contributed by atoms with E-state index in [2.05, 4.69) is 30.5 Å². The van der Waals surface area contributed by atoms with Crippen molar-refractivity contribution in [1.29, 1.82) is 0 Å². The number of rotatable bonds is 2. The first-order chi connectivity index (χ1) is 13.2. The van der Waals surface area contributed by atoms with Gasteiger partial charge in [0.1, 0.15) is 6.10 Å². The minimum absolute atomic E-state index is 0.0484. The Morgan fingerprint density at radius 2 is 1.89 bits per heavy atom. The summed E-state index contributed by atoms with van der Waals surface area (Å²) in [5.74, 6) is 1.80. The van der Waals surface area contributed by atoms with E-state index < -0.39 is 6.03 Å². The summed E-state index contributed by atoms with van der Waals surface area (Å²) in [4.78, 5) is 22.5. The zero-order valence-corrected chi connectivity index (χ0v) is 17.3. The first kappa shape index (κ1) is 19.5. The van der Waals surface area contributed by atoms with E-state index >= 15 is 0 Å². The Morgan fingerprint density at radius 3 is 2.61 bits per heavy atom. The number of nitrogens with one attached hydrogen (secondary N) is 1. The van der Waals surface area contributed by atoms with Crippen LogP contribution in [0.5, 0.6) is 0 Å². The summed E-state index contributed by atoms with van der Waals surface area (Å²) < 4.78 is 5.53. The van der Waals surface area contributed by atoms with Gasteiger partial charge in [-0.15, -0.1) is 0 Å². The fourth-order valence-corrected chi connectivity index (χ4v) is 7.06. The number of hydrazone groups is 1. The monoisotopic (exact) mass is 387 g/mol. The first-order valence-electron chi connectivity index (χ1n) is 10.7. The second-order valence-electron chi connectivity index (χ2n) is 9.76. The average molecular weight is 388 g/mol. The number of allylic oxidation sites excluding steroid dienone is 1. The largest absolute Gasteiger partial charge is 0.462 e. The number of amides is 2. The number of nitrogens with zero attached hydrogens (tertiary/aromatic N) is 1. The average Bonchev–Trinajstić information content (AvgIpc) is 2.96. The van der Waals surface area contributed by atoms with Crippen molar-refractivity contribution in [2.24, 2.45) is 39.4 Å². The number of urea groups is 1. The van der Waals surface area contributed by atoms with Crippen molar-refractivity contribution in [1.82, 2.24) is 5.43 Å². The van der Waals surface area contributed by atoms with Gasteiger partial charge in [0, 0.05) is 24.5 Å². The molecule has 0 heterocycles. The van der Waals surface area contributed by atoms with E-state index in [0.717, 1.165) is 50.7 Å². The van der Waals surface area contributed by atoms with Gasteiger partial charge >= 0.3 is 12.0 Å². The van der Waals surface area contributed by atoms with Gasteiger partial charge < -0.3 is 10.5 Å². The molecule has 6 atom stereocenters. The molecular weight excluding hydrogens is 354 g/mol. The van der Waals surface area contributed by atoms with Gasteiger partial charge in [-0.05, 0) is 68.1 Å². The number of ether oxygens (including phenoxy) is 1. The van der Waals surface area contributed by atoms with Crippen LogP contribution >= 0.6 is 0 Å². The summed E-state index contributed by atoms with van der Waals surface area (Å²) in [6.45, 7) is 6.29. The highest BCUT2D eigenvalue weighted by atomic mass is 16.5. The summed E-state index contributed by atoms with van der Waals surface area (Å²) >= 11 is 0. The van der Waals surface area contributed by atoms with Crippen LogP contribution in [0.4, 0.5) is 4.79 Å². The molecule has 2 amide bonds. The third kappa shape index (κ3) is 3.05. The fourth-order valence-electron chi connectivity index (χ4n) is 7.06. The van der Waals surface area contributed by atoms with Crippen molar-refractivity contribution < 1.29 is 14.3 Å². The molecule has 28 heavy (non-hydrogen) atoms. The van der Waals surface area contributed by atoms with Crippen molar-refractivity contribution in [3.05, 3.63) is 11.6 Å². The molecule has 6 heteroatoms. The lowest BCUT2D eigenvalue weighted by molar-refractivity contribution is -0.148. The van der Waals surface area contributed by atoms with Crippen molar-refractivity contribution in [2.45, 2.75) is 78.2 Å². The highest BCUT2D eigenvalue weighted by molar-refractivity contribution is 5.93. The van der Waals surface area contributed by atoms with Gasteiger partial charge in [0.25, 0.3) is 0 Å². The van der Waals surface area contributed by atoms with Gasteiger partial charge in [-0.25, -0.2) is 10.2 Å². The number of carbonyl (C=O) groups excluding carboxylic acids is 2. The molecule has 6 nitrogen and oxygen atoms in total. The molecule has 0 bridgehead atoms. The molecule has 4 aliphatic carbocycles. The maximum atomic E-state index is 11.4. The number of esters is 1. The number of carbonyl (C=O) groups is 2. The summed E-state index contributed by atoms with van der Waals surface area (Å²) in [5, 5.41) is 4.38. The summed E-state index contributed by atoms with van der Waals surface area (Å²) in [7, 11) is 0. The molecule has 3 fully saturated rings. The Kier molecular flexibility index (Phi) is 4.79. The van der Waals surface area contributed by atoms with E-state index in [4.69, 9.17) is 10.5 Å². The Labute approximate surface area is 167 Å². The standard InChI is InChI=1S/C22H33N3O3/c1-13(26)28-15-8-10-21(2)14(12-15)4-5-16-17-6-7-19(24-25-20(23)27)22(17,3)11-9-18(16)21/h4,15-18H,5-12H2,1-3H3,(H3,23,25,27)/t15-,16+,17-,18-,21+,22+/m1/s1. The van der Waals surface area contributed by atoms with Gasteiger partial charge in [0.05, 0.1) is 0 Å². The lowest BCUT2D eigenvalue weighted by Gasteiger charge is -2.57. The fraction of sp³-hybridized carbons (Fsp3) is 0.773. The molecule has 0 radical (unpaired) electrons. The molecule has 0 aromatic heterocycles. The summed E-state index contributed by atoms with van der Waals surface area (Å²) in [5.41, 5.74) is 10.6. The highest BCUT2D eigenvalue weighted by Crippen LogP contribution is 2.64. The zero-order valence-electron chi connectivity index (χ0n) is 17.3. The molecule has 0 aromatic rings. The summed E-state index contributed by atoms with van der Waals surface area (Å²) in [6, 6.07) is -0.587.